The number of hydrogen-bond acceptors (Lipinski definition) is 3. The number of rotatable bonds is 2. The lowest BCUT2D eigenvalue weighted by atomic mass is 9.96. The molecule has 0 bridgehead atoms. The second kappa shape index (κ2) is 6.41. The molecule has 0 N–H and O–H groups in total. The van der Waals surface area contributed by atoms with Gasteiger partial charge in [0.2, 0.25) is 5.91 Å². The van der Waals surface area contributed by atoms with E-state index in [4.69, 9.17) is 4.74 Å². The number of ether oxygens (including phenoxy) is 1. The van der Waals surface area contributed by atoms with Gasteiger partial charge < -0.3 is 14.5 Å². The van der Waals surface area contributed by atoms with Crippen molar-refractivity contribution < 1.29 is 14.3 Å². The van der Waals surface area contributed by atoms with Gasteiger partial charge in [0.15, 0.2) is 0 Å². The average Bonchev–Trinajstić information content (AvgIpc) is 2.47. The van der Waals surface area contributed by atoms with E-state index in [2.05, 4.69) is 0 Å². The summed E-state index contributed by atoms with van der Waals surface area (Å²) < 4.78 is 5.29. The molecule has 2 amide bonds. The van der Waals surface area contributed by atoms with Gasteiger partial charge >= 0.3 is 6.09 Å². The fourth-order valence-corrected chi connectivity index (χ4v) is 2.33. The second-order valence-corrected chi connectivity index (χ2v) is 5.18. The first-order chi connectivity index (χ1) is 9.58. The Hall–Kier alpha value is -2.04. The molecule has 1 fully saturated rings. The molecule has 0 atom stereocenters. The largest absolute Gasteiger partial charge is 0.415 e. The molecule has 0 spiro atoms. The summed E-state index contributed by atoms with van der Waals surface area (Å²) in [7, 11) is 3.52. The molecule has 108 valence electrons. The van der Waals surface area contributed by atoms with E-state index in [0.29, 0.717) is 31.7 Å². The number of nitrogens with zero attached hydrogens (tertiary/aromatic N) is 2. The molecule has 0 aliphatic carbocycles. The summed E-state index contributed by atoms with van der Waals surface area (Å²) in [6.07, 6.45) is 1.05. The number of hydrogen-bond donors (Lipinski definition) is 0. The highest BCUT2D eigenvalue weighted by molar-refractivity contribution is 5.79. The van der Waals surface area contributed by atoms with Crippen LogP contribution in [0.15, 0.2) is 30.3 Å². The first-order valence-corrected chi connectivity index (χ1v) is 6.81. The van der Waals surface area contributed by atoms with Gasteiger partial charge in [-0.1, -0.05) is 18.2 Å². The number of benzene rings is 1. The van der Waals surface area contributed by atoms with Crippen molar-refractivity contribution in [3.63, 3.8) is 0 Å². The normalized spacial score (nSPS) is 15.8. The standard InChI is InChI=1S/C15H20N2O3/c1-16(2)14(18)12-8-10-17(11-9-12)15(19)20-13-6-4-3-5-7-13/h3-7,12H,8-11H2,1-2H3. The van der Waals surface area contributed by atoms with Crippen molar-refractivity contribution in [2.45, 2.75) is 12.8 Å². The highest BCUT2D eigenvalue weighted by Crippen LogP contribution is 2.20. The predicted octanol–water partition coefficient (Wildman–Crippen LogP) is 1.99. The maximum atomic E-state index is 12.0. The fraction of sp³-hybridized carbons (Fsp3) is 0.467. The Balaban J connectivity index is 1.84. The van der Waals surface area contributed by atoms with Crippen LogP contribution in [0.2, 0.25) is 0 Å². The van der Waals surface area contributed by atoms with Crippen LogP contribution in [-0.4, -0.2) is 49.0 Å². The molecular formula is C15H20N2O3. The maximum Gasteiger partial charge on any atom is 0.415 e. The summed E-state index contributed by atoms with van der Waals surface area (Å²) in [5, 5.41) is 0. The number of amides is 2. The molecule has 1 saturated heterocycles. The quantitative estimate of drug-likeness (QED) is 0.830. The fourth-order valence-electron chi connectivity index (χ4n) is 2.33. The van der Waals surface area contributed by atoms with E-state index >= 15 is 0 Å². The van der Waals surface area contributed by atoms with E-state index in [-0.39, 0.29) is 17.9 Å². The number of carbonyl (C=O) groups excluding carboxylic acids is 2. The Morgan fingerprint density at radius 2 is 1.75 bits per heavy atom. The molecule has 0 aromatic heterocycles. The van der Waals surface area contributed by atoms with Gasteiger partial charge in [0, 0.05) is 33.1 Å². The van der Waals surface area contributed by atoms with Crippen molar-refractivity contribution in [3.05, 3.63) is 30.3 Å². The molecule has 1 heterocycles. The lowest BCUT2D eigenvalue weighted by Crippen LogP contribution is -2.43. The van der Waals surface area contributed by atoms with Gasteiger partial charge in [-0.25, -0.2) is 4.79 Å². The van der Waals surface area contributed by atoms with E-state index in [1.54, 1.807) is 36.0 Å². The van der Waals surface area contributed by atoms with Crippen molar-refractivity contribution in [1.82, 2.24) is 9.80 Å². The number of likely N-dealkylation sites (tertiary alicyclic amines) is 1. The molecule has 0 radical (unpaired) electrons. The molecule has 1 aromatic rings. The Morgan fingerprint density at radius 3 is 2.30 bits per heavy atom. The minimum Gasteiger partial charge on any atom is -0.410 e. The first kappa shape index (κ1) is 14.4. The van der Waals surface area contributed by atoms with Gasteiger partial charge in [-0.3, -0.25) is 4.79 Å². The SMILES string of the molecule is CN(C)C(=O)C1CCN(C(=O)Oc2ccccc2)CC1. The van der Waals surface area contributed by atoms with Crippen LogP contribution in [0, 0.1) is 5.92 Å². The number of carbonyl (C=O) groups is 2. The van der Waals surface area contributed by atoms with Gasteiger partial charge in [-0.2, -0.15) is 0 Å². The van der Waals surface area contributed by atoms with Gasteiger partial charge in [0.05, 0.1) is 0 Å². The molecule has 1 aromatic carbocycles. The van der Waals surface area contributed by atoms with Crippen LogP contribution < -0.4 is 4.74 Å². The molecule has 2 rings (SSSR count). The molecule has 5 heteroatoms. The zero-order valence-corrected chi connectivity index (χ0v) is 11.9. The maximum absolute atomic E-state index is 12.0. The van der Waals surface area contributed by atoms with Crippen molar-refractivity contribution in [1.29, 1.82) is 0 Å². The topological polar surface area (TPSA) is 49.9 Å². The smallest absolute Gasteiger partial charge is 0.410 e. The van der Waals surface area contributed by atoms with E-state index < -0.39 is 0 Å². The number of para-hydroxylation sites is 1. The first-order valence-electron chi connectivity index (χ1n) is 6.81. The monoisotopic (exact) mass is 276 g/mol. The summed E-state index contributed by atoms with van der Waals surface area (Å²) in [6.45, 7) is 1.13. The summed E-state index contributed by atoms with van der Waals surface area (Å²) in [4.78, 5) is 27.1. The van der Waals surface area contributed by atoms with E-state index in [1.807, 2.05) is 18.2 Å². The zero-order valence-electron chi connectivity index (χ0n) is 11.9. The third kappa shape index (κ3) is 3.50. The van der Waals surface area contributed by atoms with Crippen LogP contribution in [0.3, 0.4) is 0 Å². The van der Waals surface area contributed by atoms with E-state index in [1.165, 1.54) is 0 Å². The molecule has 20 heavy (non-hydrogen) atoms. The highest BCUT2D eigenvalue weighted by Gasteiger charge is 2.28. The summed E-state index contributed by atoms with van der Waals surface area (Å²) in [6, 6.07) is 9.02. The summed E-state index contributed by atoms with van der Waals surface area (Å²) >= 11 is 0. The second-order valence-electron chi connectivity index (χ2n) is 5.18. The van der Waals surface area contributed by atoms with E-state index in [9.17, 15) is 9.59 Å². The van der Waals surface area contributed by atoms with Gasteiger partial charge in [-0.15, -0.1) is 0 Å². The van der Waals surface area contributed by atoms with Gasteiger partial charge in [0.25, 0.3) is 0 Å². The molecule has 1 aliphatic heterocycles. The van der Waals surface area contributed by atoms with Crippen LogP contribution in [0.1, 0.15) is 12.8 Å². The van der Waals surface area contributed by atoms with Gasteiger partial charge in [-0.05, 0) is 25.0 Å². The summed E-state index contributed by atoms with van der Waals surface area (Å²) in [5.41, 5.74) is 0. The van der Waals surface area contributed by atoms with Crippen molar-refractivity contribution in [2.24, 2.45) is 5.92 Å². The third-order valence-corrected chi connectivity index (χ3v) is 3.49. The lowest BCUT2D eigenvalue weighted by Gasteiger charge is -2.31. The third-order valence-electron chi connectivity index (χ3n) is 3.49. The Morgan fingerprint density at radius 1 is 1.15 bits per heavy atom. The average molecular weight is 276 g/mol. The van der Waals surface area contributed by atoms with Crippen LogP contribution in [0.25, 0.3) is 0 Å². The van der Waals surface area contributed by atoms with E-state index in [0.717, 1.165) is 0 Å². The number of piperidine rings is 1. The molecule has 0 unspecified atom stereocenters. The highest BCUT2D eigenvalue weighted by atomic mass is 16.6. The van der Waals surface area contributed by atoms with Gasteiger partial charge in [0.1, 0.15) is 5.75 Å². The lowest BCUT2D eigenvalue weighted by molar-refractivity contribution is -0.134. The summed E-state index contributed by atoms with van der Waals surface area (Å²) in [5.74, 6) is 0.704. The Kier molecular flexibility index (Phi) is 4.61. The van der Waals surface area contributed by atoms with Crippen LogP contribution in [0.5, 0.6) is 5.75 Å². The van der Waals surface area contributed by atoms with Crippen LogP contribution >= 0.6 is 0 Å². The predicted molar refractivity (Wildman–Crippen MR) is 75.5 cm³/mol. The van der Waals surface area contributed by atoms with Crippen molar-refractivity contribution >= 4 is 12.0 Å². The molecule has 5 nitrogen and oxygen atoms in total. The molecule has 0 saturated carbocycles. The van der Waals surface area contributed by atoms with Crippen molar-refractivity contribution in [2.75, 3.05) is 27.2 Å². The Labute approximate surface area is 119 Å². The zero-order chi connectivity index (χ0) is 14.5. The Bertz CT molecular complexity index is 465. The molecular weight excluding hydrogens is 256 g/mol. The van der Waals surface area contributed by atoms with Crippen molar-refractivity contribution in [3.8, 4) is 5.75 Å². The van der Waals surface area contributed by atoms with Crippen LogP contribution in [-0.2, 0) is 4.79 Å². The molecule has 1 aliphatic rings. The van der Waals surface area contributed by atoms with Crippen LogP contribution in [0.4, 0.5) is 4.79 Å². The minimum atomic E-state index is -0.341. The minimum absolute atomic E-state index is 0.0192.